The Kier molecular flexibility index (Phi) is 2.11. The number of hydrogen-bond acceptors (Lipinski definition) is 2. The predicted molar refractivity (Wildman–Crippen MR) is 48.4 cm³/mol. The number of aromatic hydroxyl groups is 1. The van der Waals surface area contributed by atoms with E-state index in [1.54, 1.807) is 5.38 Å². The summed E-state index contributed by atoms with van der Waals surface area (Å²) < 4.78 is 38.4. The summed E-state index contributed by atoms with van der Waals surface area (Å²) in [6, 6.07) is 2.50. The van der Waals surface area contributed by atoms with Crippen molar-refractivity contribution in [2.75, 3.05) is 0 Å². The van der Waals surface area contributed by atoms with E-state index in [-0.39, 0.29) is 5.39 Å². The summed E-state index contributed by atoms with van der Waals surface area (Å²) in [7, 11) is 0. The Bertz CT molecular complexity index is 478. The van der Waals surface area contributed by atoms with Crippen LogP contribution in [0.15, 0.2) is 17.5 Å². The molecule has 1 nitrogen and oxygen atoms in total. The number of phenols is 1. The lowest BCUT2D eigenvalue weighted by molar-refractivity contribution is 0.148. The van der Waals surface area contributed by atoms with Crippen molar-refractivity contribution >= 4 is 21.4 Å². The quantitative estimate of drug-likeness (QED) is 0.774. The van der Waals surface area contributed by atoms with Gasteiger partial charge in [0.2, 0.25) is 0 Å². The summed E-state index contributed by atoms with van der Waals surface area (Å²) in [5, 5.41) is 10.9. The molecule has 0 radical (unpaired) electrons. The first-order valence-corrected chi connectivity index (χ1v) is 4.66. The van der Waals surface area contributed by atoms with Gasteiger partial charge in [0.15, 0.2) is 11.6 Å². The second-order valence-electron chi connectivity index (χ2n) is 2.75. The molecule has 2 rings (SSSR count). The van der Waals surface area contributed by atoms with Crippen molar-refractivity contribution in [3.63, 3.8) is 0 Å². The van der Waals surface area contributed by atoms with Gasteiger partial charge in [0.25, 0.3) is 6.43 Å². The number of rotatable bonds is 1. The van der Waals surface area contributed by atoms with Crippen LogP contribution in [0.25, 0.3) is 10.1 Å². The topological polar surface area (TPSA) is 20.2 Å². The molecule has 0 atom stereocenters. The van der Waals surface area contributed by atoms with E-state index in [1.165, 1.54) is 6.07 Å². The first kappa shape index (κ1) is 9.33. The average molecular weight is 218 g/mol. The molecule has 5 heteroatoms. The van der Waals surface area contributed by atoms with E-state index < -0.39 is 23.6 Å². The molecule has 0 aliphatic rings. The molecular formula is C9H5F3OS. The van der Waals surface area contributed by atoms with E-state index in [4.69, 9.17) is 5.11 Å². The summed E-state index contributed by atoms with van der Waals surface area (Å²) in [6.45, 7) is 0. The fraction of sp³-hybridized carbons (Fsp3) is 0.111. The van der Waals surface area contributed by atoms with Gasteiger partial charge in [-0.15, -0.1) is 11.3 Å². The van der Waals surface area contributed by atoms with Crippen LogP contribution in [0.1, 0.15) is 12.0 Å². The summed E-state index contributed by atoms with van der Waals surface area (Å²) in [5.74, 6) is -1.96. The Morgan fingerprint density at radius 2 is 2.07 bits per heavy atom. The Balaban J connectivity index is 2.86. The molecule has 0 amide bonds. The second-order valence-corrected chi connectivity index (χ2v) is 3.70. The minimum Gasteiger partial charge on any atom is -0.504 e. The summed E-state index contributed by atoms with van der Waals surface area (Å²) in [5.41, 5.74) is -0.624. The third-order valence-electron chi connectivity index (χ3n) is 1.94. The van der Waals surface area contributed by atoms with Crippen LogP contribution < -0.4 is 0 Å². The number of benzene rings is 1. The molecule has 1 heterocycles. The zero-order chi connectivity index (χ0) is 10.3. The number of hydrogen-bond donors (Lipinski definition) is 1. The van der Waals surface area contributed by atoms with Gasteiger partial charge in [-0.1, -0.05) is 0 Å². The van der Waals surface area contributed by atoms with Gasteiger partial charge in [0.05, 0.1) is 5.56 Å². The molecule has 0 saturated heterocycles. The lowest BCUT2D eigenvalue weighted by atomic mass is 10.1. The van der Waals surface area contributed by atoms with Crippen LogP contribution in [0.5, 0.6) is 5.75 Å². The summed E-state index contributed by atoms with van der Waals surface area (Å²) in [4.78, 5) is 0. The molecular weight excluding hydrogens is 213 g/mol. The van der Waals surface area contributed by atoms with Crippen molar-refractivity contribution in [2.45, 2.75) is 6.43 Å². The van der Waals surface area contributed by atoms with E-state index in [2.05, 4.69) is 0 Å². The highest BCUT2D eigenvalue weighted by Crippen LogP contribution is 2.38. The number of fused-ring (bicyclic) bond motifs is 1. The number of halogens is 3. The van der Waals surface area contributed by atoms with E-state index in [9.17, 15) is 13.2 Å². The van der Waals surface area contributed by atoms with Gasteiger partial charge in [0, 0.05) is 10.1 Å². The molecule has 74 valence electrons. The number of alkyl halides is 2. The minimum absolute atomic E-state index is 0.212. The summed E-state index contributed by atoms with van der Waals surface area (Å²) >= 11 is 1.16. The molecule has 0 spiro atoms. The van der Waals surface area contributed by atoms with Gasteiger partial charge in [-0.2, -0.15) is 0 Å². The highest BCUT2D eigenvalue weighted by Gasteiger charge is 2.20. The third kappa shape index (κ3) is 1.24. The van der Waals surface area contributed by atoms with Crippen molar-refractivity contribution in [1.29, 1.82) is 0 Å². The maximum absolute atomic E-state index is 13.0. The maximum Gasteiger partial charge on any atom is 0.268 e. The van der Waals surface area contributed by atoms with E-state index >= 15 is 0 Å². The molecule has 1 N–H and O–H groups in total. The molecule has 14 heavy (non-hydrogen) atoms. The van der Waals surface area contributed by atoms with Crippen molar-refractivity contribution in [2.24, 2.45) is 0 Å². The normalized spacial score (nSPS) is 11.4. The van der Waals surface area contributed by atoms with Crippen LogP contribution in [-0.4, -0.2) is 5.11 Å². The second kappa shape index (κ2) is 3.16. The largest absolute Gasteiger partial charge is 0.504 e. The van der Waals surface area contributed by atoms with Gasteiger partial charge in [0.1, 0.15) is 0 Å². The lowest BCUT2D eigenvalue weighted by Crippen LogP contribution is -1.89. The van der Waals surface area contributed by atoms with Crippen LogP contribution in [-0.2, 0) is 0 Å². The fourth-order valence-electron chi connectivity index (χ4n) is 1.32. The van der Waals surface area contributed by atoms with E-state index in [1.807, 2.05) is 0 Å². The van der Waals surface area contributed by atoms with Crippen molar-refractivity contribution < 1.29 is 18.3 Å². The monoisotopic (exact) mass is 218 g/mol. The summed E-state index contributed by atoms with van der Waals surface area (Å²) in [6.07, 6.45) is -2.87. The highest BCUT2D eigenvalue weighted by molar-refractivity contribution is 7.17. The number of phenolic OH excluding ortho intramolecular Hbond substituents is 1. The molecule has 0 fully saturated rings. The maximum atomic E-state index is 13.0. The van der Waals surface area contributed by atoms with Gasteiger partial charge < -0.3 is 5.11 Å². The molecule has 0 aliphatic carbocycles. The van der Waals surface area contributed by atoms with Crippen LogP contribution in [0.2, 0.25) is 0 Å². The minimum atomic E-state index is -2.87. The predicted octanol–water partition coefficient (Wildman–Crippen LogP) is 3.68. The SMILES string of the molecule is Oc1c(F)cc2sccc2c1C(F)F. The van der Waals surface area contributed by atoms with Crippen LogP contribution in [0.3, 0.4) is 0 Å². The van der Waals surface area contributed by atoms with Gasteiger partial charge in [-0.05, 0) is 17.5 Å². The van der Waals surface area contributed by atoms with E-state index in [0.717, 1.165) is 17.4 Å². The fourth-order valence-corrected chi connectivity index (χ4v) is 2.14. The third-order valence-corrected chi connectivity index (χ3v) is 2.81. The van der Waals surface area contributed by atoms with Crippen molar-refractivity contribution in [3.05, 3.63) is 28.9 Å². The average Bonchev–Trinajstić information content (AvgIpc) is 2.52. The van der Waals surface area contributed by atoms with E-state index in [0.29, 0.717) is 4.70 Å². The first-order chi connectivity index (χ1) is 6.61. The molecule has 2 aromatic rings. The zero-order valence-electron chi connectivity index (χ0n) is 6.80. The highest BCUT2D eigenvalue weighted by atomic mass is 32.1. The van der Waals surface area contributed by atoms with Crippen molar-refractivity contribution in [3.8, 4) is 5.75 Å². The smallest absolute Gasteiger partial charge is 0.268 e. The van der Waals surface area contributed by atoms with Gasteiger partial charge in [-0.25, -0.2) is 13.2 Å². The zero-order valence-corrected chi connectivity index (χ0v) is 7.62. The standard InChI is InChI=1S/C9H5F3OS/c10-5-3-6-4(1-2-14-6)7(8(5)13)9(11)12/h1-3,9,13H. The van der Waals surface area contributed by atoms with Crippen molar-refractivity contribution in [1.82, 2.24) is 0 Å². The molecule has 0 saturated carbocycles. The Labute approximate surface area is 81.4 Å². The van der Waals surface area contributed by atoms with Crippen LogP contribution in [0.4, 0.5) is 13.2 Å². The molecule has 1 aromatic carbocycles. The molecule has 0 aliphatic heterocycles. The molecule has 0 unspecified atom stereocenters. The number of thiophene rings is 1. The van der Waals surface area contributed by atoms with Gasteiger partial charge >= 0.3 is 0 Å². The Hall–Kier alpha value is -1.23. The van der Waals surface area contributed by atoms with Gasteiger partial charge in [-0.3, -0.25) is 0 Å². The first-order valence-electron chi connectivity index (χ1n) is 3.78. The van der Waals surface area contributed by atoms with Crippen LogP contribution in [0, 0.1) is 5.82 Å². The van der Waals surface area contributed by atoms with Crippen LogP contribution >= 0.6 is 11.3 Å². The Morgan fingerprint density at radius 3 is 2.71 bits per heavy atom. The molecule has 1 aromatic heterocycles. The lowest BCUT2D eigenvalue weighted by Gasteiger charge is -2.05. The Morgan fingerprint density at radius 1 is 1.36 bits per heavy atom. The molecule has 0 bridgehead atoms.